The summed E-state index contributed by atoms with van der Waals surface area (Å²) in [5, 5.41) is 10.3. The summed E-state index contributed by atoms with van der Waals surface area (Å²) >= 11 is 0. The minimum Gasteiger partial charge on any atom is -0.481 e. The van der Waals surface area contributed by atoms with Gasteiger partial charge in [-0.1, -0.05) is 0 Å². The second-order valence-electron chi connectivity index (χ2n) is 8.58. The molecule has 4 heterocycles. The van der Waals surface area contributed by atoms with Gasteiger partial charge >= 0.3 is 6.18 Å². The Hall–Kier alpha value is -3.94. The zero-order chi connectivity index (χ0) is 26.9. The fourth-order valence-electron chi connectivity index (χ4n) is 4.06. The quantitative estimate of drug-likeness (QED) is 0.462. The number of methoxy groups -OCH3 is 2. The highest BCUT2D eigenvalue weighted by Gasteiger charge is 2.37. The summed E-state index contributed by atoms with van der Waals surface area (Å²) < 4.78 is 50.8. The highest BCUT2D eigenvalue weighted by Crippen LogP contribution is 2.34. The molecule has 37 heavy (non-hydrogen) atoms. The number of ether oxygens (including phenoxy) is 2. The van der Waals surface area contributed by atoms with E-state index in [0.29, 0.717) is 35.3 Å². The second kappa shape index (κ2) is 10.2. The van der Waals surface area contributed by atoms with Crippen LogP contribution >= 0.6 is 0 Å². The maximum Gasteiger partial charge on any atom is 0.433 e. The molecule has 1 aliphatic heterocycles. The van der Waals surface area contributed by atoms with Crippen molar-refractivity contribution in [3.05, 3.63) is 47.0 Å². The Labute approximate surface area is 211 Å². The fraction of sp³-hybridized carbons (Fsp3) is 0.435. The van der Waals surface area contributed by atoms with Crippen LogP contribution in [-0.2, 0) is 28.8 Å². The number of aromatic nitrogens is 5. The lowest BCUT2D eigenvalue weighted by molar-refractivity contribution is -0.141. The molecule has 0 aromatic carbocycles. The number of fused-ring (bicyclic) bond motifs is 1. The summed E-state index contributed by atoms with van der Waals surface area (Å²) in [6.45, 7) is 4.11. The van der Waals surface area contributed by atoms with E-state index in [0.717, 1.165) is 11.6 Å². The van der Waals surface area contributed by atoms with Gasteiger partial charge in [0.05, 0.1) is 31.6 Å². The highest BCUT2D eigenvalue weighted by molar-refractivity contribution is 6.03. The van der Waals surface area contributed by atoms with E-state index >= 15 is 0 Å². The molecule has 4 rings (SSSR count). The molecule has 3 aromatic heterocycles. The van der Waals surface area contributed by atoms with Crippen LogP contribution in [0.5, 0.6) is 5.88 Å². The Morgan fingerprint density at radius 1 is 1.22 bits per heavy atom. The number of hydrogen-bond donors (Lipinski definition) is 2. The van der Waals surface area contributed by atoms with Crippen LogP contribution < -0.4 is 20.3 Å². The number of hydrogen-bond acceptors (Lipinski definition) is 9. The zero-order valence-corrected chi connectivity index (χ0v) is 20.9. The number of nitrogens with zero attached hydrogens (tertiary/aromatic N) is 6. The molecule has 11 nitrogen and oxygen atoms in total. The lowest BCUT2D eigenvalue weighted by atomic mass is 10.1. The minimum absolute atomic E-state index is 0.111. The van der Waals surface area contributed by atoms with Crippen LogP contribution in [0.15, 0.2) is 24.5 Å². The van der Waals surface area contributed by atoms with Crippen molar-refractivity contribution in [3.8, 4) is 5.88 Å². The molecule has 0 bridgehead atoms. The van der Waals surface area contributed by atoms with E-state index in [2.05, 4.69) is 30.7 Å². The molecule has 0 aliphatic carbocycles. The molecule has 0 saturated carbocycles. The van der Waals surface area contributed by atoms with Crippen LogP contribution in [-0.4, -0.2) is 64.1 Å². The summed E-state index contributed by atoms with van der Waals surface area (Å²) in [4.78, 5) is 26.9. The monoisotopic (exact) mass is 520 g/mol. The summed E-state index contributed by atoms with van der Waals surface area (Å²) in [6.07, 6.45) is -1.53. The molecule has 1 aliphatic rings. The first-order valence-corrected chi connectivity index (χ1v) is 11.3. The number of carbonyl (C=O) groups is 1. The molecule has 14 heteroatoms. The number of amides is 1. The van der Waals surface area contributed by atoms with Crippen molar-refractivity contribution >= 4 is 23.4 Å². The normalized spacial score (nSPS) is 16.3. The van der Waals surface area contributed by atoms with Crippen molar-refractivity contribution in [2.24, 2.45) is 0 Å². The van der Waals surface area contributed by atoms with Crippen molar-refractivity contribution in [1.29, 1.82) is 0 Å². The number of halogens is 3. The summed E-state index contributed by atoms with van der Waals surface area (Å²) in [7, 11) is 4.60. The number of aryl methyl sites for hydroxylation is 1. The van der Waals surface area contributed by atoms with E-state index < -0.39 is 17.9 Å². The van der Waals surface area contributed by atoms with Crippen LogP contribution in [0.4, 0.5) is 30.6 Å². The van der Waals surface area contributed by atoms with Gasteiger partial charge in [-0.05, 0) is 26.0 Å². The summed E-state index contributed by atoms with van der Waals surface area (Å²) in [6, 6.07) is 1.69. The Morgan fingerprint density at radius 3 is 2.65 bits per heavy atom. The topological polar surface area (TPSA) is 119 Å². The van der Waals surface area contributed by atoms with E-state index in [1.54, 1.807) is 43.1 Å². The standard InChI is InChI=1S/C23H27F3N8O3/c1-12-17-19(33(3)18(13(2)36-4)20(35)31-17)32-22(29-12)27-8-14-9-28-34(10-14)11-15-6-7-16(23(24,25)26)30-21(15)37-5/h6-7,9-10,13,18H,8,11H2,1-5H3,(H,31,35)(H,27,29,32)/t13-,18+/m1/s1. The minimum atomic E-state index is -4.56. The number of anilines is 3. The molecule has 0 unspecified atom stereocenters. The second-order valence-corrected chi connectivity index (χ2v) is 8.58. The van der Waals surface area contributed by atoms with E-state index in [9.17, 15) is 18.0 Å². The smallest absolute Gasteiger partial charge is 0.433 e. The van der Waals surface area contributed by atoms with Gasteiger partial charge in [0, 0.05) is 38.0 Å². The van der Waals surface area contributed by atoms with Crippen LogP contribution in [0.3, 0.4) is 0 Å². The molecule has 3 aromatic rings. The number of nitrogens with one attached hydrogen (secondary N) is 2. The van der Waals surface area contributed by atoms with Crippen molar-refractivity contribution in [2.45, 2.75) is 45.3 Å². The van der Waals surface area contributed by atoms with Crippen LogP contribution in [0, 0.1) is 6.92 Å². The summed E-state index contributed by atoms with van der Waals surface area (Å²) in [5.41, 5.74) is 1.38. The molecular weight excluding hydrogens is 493 g/mol. The van der Waals surface area contributed by atoms with Crippen LogP contribution in [0.1, 0.15) is 29.4 Å². The molecule has 0 fully saturated rings. The maximum absolute atomic E-state index is 12.9. The predicted molar refractivity (Wildman–Crippen MR) is 129 cm³/mol. The largest absolute Gasteiger partial charge is 0.481 e. The molecule has 0 spiro atoms. The SMILES string of the molecule is COc1nc(C(F)(F)F)ccc1Cn1cc(CNc2nc(C)c3c(n2)N(C)[C@@H]([C@@H](C)OC)C(=O)N3)cn1. The van der Waals surface area contributed by atoms with E-state index in [1.807, 2.05) is 6.92 Å². The van der Waals surface area contributed by atoms with Gasteiger partial charge in [-0.25, -0.2) is 9.97 Å². The number of pyridine rings is 1. The number of rotatable bonds is 8. The summed E-state index contributed by atoms with van der Waals surface area (Å²) in [5.74, 6) is 0.634. The highest BCUT2D eigenvalue weighted by atomic mass is 19.4. The van der Waals surface area contributed by atoms with Crippen LogP contribution in [0.25, 0.3) is 0 Å². The third kappa shape index (κ3) is 5.43. The van der Waals surface area contributed by atoms with Gasteiger partial charge < -0.3 is 25.0 Å². The Morgan fingerprint density at radius 2 is 1.97 bits per heavy atom. The Balaban J connectivity index is 1.47. The first kappa shape index (κ1) is 26.1. The molecule has 2 atom stereocenters. The Bertz CT molecular complexity index is 1300. The van der Waals surface area contributed by atoms with Gasteiger partial charge in [-0.2, -0.15) is 23.3 Å². The number of carbonyl (C=O) groups excluding carboxylic acids is 1. The fourth-order valence-corrected chi connectivity index (χ4v) is 4.06. The van der Waals surface area contributed by atoms with Crippen molar-refractivity contribution in [1.82, 2.24) is 24.7 Å². The van der Waals surface area contributed by atoms with Gasteiger partial charge in [-0.15, -0.1) is 0 Å². The lowest BCUT2D eigenvalue weighted by Crippen LogP contribution is -2.53. The first-order valence-electron chi connectivity index (χ1n) is 11.3. The van der Waals surface area contributed by atoms with Gasteiger partial charge in [0.15, 0.2) is 5.82 Å². The Kier molecular flexibility index (Phi) is 7.21. The van der Waals surface area contributed by atoms with E-state index in [1.165, 1.54) is 13.2 Å². The van der Waals surface area contributed by atoms with E-state index in [4.69, 9.17) is 9.47 Å². The number of alkyl halides is 3. The van der Waals surface area contributed by atoms with E-state index in [-0.39, 0.29) is 24.4 Å². The zero-order valence-electron chi connectivity index (χ0n) is 20.9. The molecule has 2 N–H and O–H groups in total. The van der Waals surface area contributed by atoms with Gasteiger partial charge in [-0.3, -0.25) is 9.48 Å². The van der Waals surface area contributed by atoms with Crippen LogP contribution in [0.2, 0.25) is 0 Å². The molecule has 198 valence electrons. The maximum atomic E-state index is 12.9. The third-order valence-electron chi connectivity index (χ3n) is 6.05. The average molecular weight is 521 g/mol. The van der Waals surface area contributed by atoms with Gasteiger partial charge in [0.2, 0.25) is 17.7 Å². The lowest BCUT2D eigenvalue weighted by Gasteiger charge is -2.37. The molecule has 0 radical (unpaired) electrons. The van der Waals surface area contributed by atoms with Gasteiger partial charge in [0.25, 0.3) is 0 Å². The first-order chi connectivity index (χ1) is 17.5. The van der Waals surface area contributed by atoms with Crippen molar-refractivity contribution in [3.63, 3.8) is 0 Å². The third-order valence-corrected chi connectivity index (χ3v) is 6.05. The molecular formula is C23H27F3N8O3. The molecule has 0 saturated heterocycles. The molecule has 1 amide bonds. The van der Waals surface area contributed by atoms with Crippen molar-refractivity contribution in [2.75, 3.05) is 36.8 Å². The predicted octanol–water partition coefficient (Wildman–Crippen LogP) is 2.86. The average Bonchev–Trinajstić information content (AvgIpc) is 3.30. The van der Waals surface area contributed by atoms with Crippen molar-refractivity contribution < 1.29 is 27.4 Å². The van der Waals surface area contributed by atoms with Gasteiger partial charge in [0.1, 0.15) is 17.4 Å². The number of likely N-dealkylation sites (N-methyl/N-ethyl adjacent to an activating group) is 1.